The van der Waals surface area contributed by atoms with Crippen LogP contribution in [0.4, 0.5) is 0 Å². The largest absolute Gasteiger partial charge is 0.482 e. The number of fused-ring (bicyclic) bond motifs is 4. The third-order valence-corrected chi connectivity index (χ3v) is 4.28. The standard InChI is InChI=1S/C21H14O6/c22-21(26-14-6-8-19-20(10-14)25-12-24-19)11-23-13-5-7-18-16(9-13)15-3-1-2-4-17(15)27-18/h1-10H,11-12H2. The van der Waals surface area contributed by atoms with E-state index >= 15 is 0 Å². The molecule has 0 atom stereocenters. The van der Waals surface area contributed by atoms with Crippen LogP contribution in [0.3, 0.4) is 0 Å². The first-order valence-electron chi connectivity index (χ1n) is 8.41. The van der Waals surface area contributed by atoms with Gasteiger partial charge in [-0.15, -0.1) is 0 Å². The summed E-state index contributed by atoms with van der Waals surface area (Å²) in [7, 11) is 0. The van der Waals surface area contributed by atoms with Gasteiger partial charge in [0, 0.05) is 16.8 Å². The van der Waals surface area contributed by atoms with Crippen LogP contribution in [-0.4, -0.2) is 19.4 Å². The Kier molecular flexibility index (Phi) is 3.60. The molecule has 0 saturated carbocycles. The van der Waals surface area contributed by atoms with E-state index in [1.165, 1.54) is 0 Å². The van der Waals surface area contributed by atoms with Crippen LogP contribution in [0, 0.1) is 0 Å². The lowest BCUT2D eigenvalue weighted by molar-refractivity contribution is -0.136. The second-order valence-corrected chi connectivity index (χ2v) is 6.03. The van der Waals surface area contributed by atoms with Gasteiger partial charge in [-0.05, 0) is 36.4 Å². The molecule has 0 unspecified atom stereocenters. The van der Waals surface area contributed by atoms with Crippen molar-refractivity contribution in [2.45, 2.75) is 0 Å². The van der Waals surface area contributed by atoms with Crippen LogP contribution in [0.1, 0.15) is 0 Å². The summed E-state index contributed by atoms with van der Waals surface area (Å²) in [6.45, 7) is -0.0449. The van der Waals surface area contributed by atoms with Gasteiger partial charge in [0.05, 0.1) is 0 Å². The Balaban J connectivity index is 1.29. The van der Waals surface area contributed by atoms with Crippen molar-refractivity contribution < 1.29 is 28.2 Å². The van der Waals surface area contributed by atoms with Crippen molar-refractivity contribution in [1.29, 1.82) is 0 Å². The minimum atomic E-state index is -0.508. The third-order valence-electron chi connectivity index (χ3n) is 4.28. The molecular formula is C21H14O6. The topological polar surface area (TPSA) is 67.1 Å². The van der Waals surface area contributed by atoms with E-state index in [1.807, 2.05) is 36.4 Å². The van der Waals surface area contributed by atoms with Gasteiger partial charge < -0.3 is 23.4 Å². The molecule has 0 bridgehead atoms. The molecule has 134 valence electrons. The number of ether oxygens (including phenoxy) is 4. The summed E-state index contributed by atoms with van der Waals surface area (Å²) < 4.78 is 27.1. The summed E-state index contributed by atoms with van der Waals surface area (Å²) in [6, 6.07) is 18.2. The number of rotatable bonds is 4. The van der Waals surface area contributed by atoms with Gasteiger partial charge in [-0.25, -0.2) is 4.79 Å². The lowest BCUT2D eigenvalue weighted by Gasteiger charge is -2.07. The highest BCUT2D eigenvalue weighted by molar-refractivity contribution is 6.05. The van der Waals surface area contributed by atoms with Gasteiger partial charge in [0.15, 0.2) is 18.1 Å². The van der Waals surface area contributed by atoms with E-state index in [9.17, 15) is 4.79 Å². The minimum Gasteiger partial charge on any atom is -0.482 e. The van der Waals surface area contributed by atoms with Crippen LogP contribution in [0.25, 0.3) is 21.9 Å². The number of furan rings is 1. The number of esters is 1. The number of hydrogen-bond acceptors (Lipinski definition) is 6. The molecule has 27 heavy (non-hydrogen) atoms. The molecule has 4 aromatic rings. The molecule has 0 aliphatic carbocycles. The zero-order chi connectivity index (χ0) is 18.2. The zero-order valence-corrected chi connectivity index (χ0v) is 14.1. The highest BCUT2D eigenvalue weighted by Gasteiger charge is 2.15. The molecule has 0 amide bonds. The van der Waals surface area contributed by atoms with E-state index in [0.717, 1.165) is 21.9 Å². The van der Waals surface area contributed by atoms with Gasteiger partial charge in [0.1, 0.15) is 22.7 Å². The van der Waals surface area contributed by atoms with Gasteiger partial charge >= 0.3 is 5.97 Å². The maximum atomic E-state index is 12.1. The summed E-state index contributed by atoms with van der Waals surface area (Å²) >= 11 is 0. The van der Waals surface area contributed by atoms with Crippen molar-refractivity contribution in [2.75, 3.05) is 13.4 Å². The summed E-state index contributed by atoms with van der Waals surface area (Å²) in [5.74, 6) is 1.62. The number of para-hydroxylation sites is 1. The van der Waals surface area contributed by atoms with Crippen LogP contribution >= 0.6 is 0 Å². The Bertz CT molecular complexity index is 1160. The number of carbonyl (C=O) groups excluding carboxylic acids is 1. The second kappa shape index (κ2) is 6.25. The Morgan fingerprint density at radius 1 is 0.852 bits per heavy atom. The SMILES string of the molecule is O=C(COc1ccc2oc3ccccc3c2c1)Oc1ccc2c(c1)OCO2. The van der Waals surface area contributed by atoms with Crippen LogP contribution < -0.4 is 18.9 Å². The monoisotopic (exact) mass is 362 g/mol. The molecule has 0 N–H and O–H groups in total. The molecule has 0 saturated heterocycles. The van der Waals surface area contributed by atoms with E-state index in [-0.39, 0.29) is 13.4 Å². The molecule has 2 heterocycles. The second-order valence-electron chi connectivity index (χ2n) is 6.03. The quantitative estimate of drug-likeness (QED) is 0.398. The zero-order valence-electron chi connectivity index (χ0n) is 14.1. The Morgan fingerprint density at radius 3 is 2.63 bits per heavy atom. The Labute approximate surface area is 153 Å². The Hall–Kier alpha value is -3.67. The lowest BCUT2D eigenvalue weighted by Crippen LogP contribution is -2.17. The summed E-state index contributed by atoms with van der Waals surface area (Å²) in [6.07, 6.45) is 0. The first-order chi connectivity index (χ1) is 13.3. The van der Waals surface area contributed by atoms with Crippen molar-refractivity contribution in [3.05, 3.63) is 60.7 Å². The third kappa shape index (κ3) is 2.91. The smallest absolute Gasteiger partial charge is 0.349 e. The van der Waals surface area contributed by atoms with Gasteiger partial charge in [-0.3, -0.25) is 0 Å². The normalized spacial score (nSPS) is 12.4. The van der Waals surface area contributed by atoms with Crippen LogP contribution in [0.5, 0.6) is 23.0 Å². The highest BCUT2D eigenvalue weighted by Crippen LogP contribution is 2.35. The van der Waals surface area contributed by atoms with Crippen LogP contribution in [0.15, 0.2) is 65.1 Å². The van der Waals surface area contributed by atoms with E-state index in [1.54, 1.807) is 24.3 Å². The van der Waals surface area contributed by atoms with Gasteiger partial charge in [-0.2, -0.15) is 0 Å². The number of carbonyl (C=O) groups is 1. The first-order valence-corrected chi connectivity index (χ1v) is 8.41. The average molecular weight is 362 g/mol. The number of benzene rings is 3. The van der Waals surface area contributed by atoms with E-state index in [0.29, 0.717) is 23.0 Å². The van der Waals surface area contributed by atoms with Gasteiger partial charge in [-0.1, -0.05) is 18.2 Å². The van der Waals surface area contributed by atoms with Crippen molar-refractivity contribution in [3.63, 3.8) is 0 Å². The van der Waals surface area contributed by atoms with Crippen LogP contribution in [0.2, 0.25) is 0 Å². The first kappa shape index (κ1) is 15.6. The molecule has 1 aliphatic rings. The van der Waals surface area contributed by atoms with Crippen molar-refractivity contribution in [3.8, 4) is 23.0 Å². The summed E-state index contributed by atoms with van der Waals surface area (Å²) in [5.41, 5.74) is 1.58. The van der Waals surface area contributed by atoms with Crippen LogP contribution in [-0.2, 0) is 4.79 Å². The predicted octanol–water partition coefficient (Wildman–Crippen LogP) is 4.30. The summed E-state index contributed by atoms with van der Waals surface area (Å²) in [5, 5.41) is 1.94. The van der Waals surface area contributed by atoms with Crippen molar-refractivity contribution >= 4 is 27.9 Å². The highest BCUT2D eigenvalue weighted by atomic mass is 16.7. The Morgan fingerprint density at radius 2 is 1.67 bits per heavy atom. The van der Waals surface area contributed by atoms with Crippen molar-refractivity contribution in [2.24, 2.45) is 0 Å². The molecule has 0 fully saturated rings. The maximum absolute atomic E-state index is 12.1. The van der Waals surface area contributed by atoms with Gasteiger partial charge in [0.25, 0.3) is 0 Å². The molecular weight excluding hydrogens is 348 g/mol. The molecule has 1 aliphatic heterocycles. The van der Waals surface area contributed by atoms with E-state index in [2.05, 4.69) is 0 Å². The van der Waals surface area contributed by atoms with E-state index < -0.39 is 5.97 Å². The lowest BCUT2D eigenvalue weighted by atomic mass is 10.1. The van der Waals surface area contributed by atoms with Gasteiger partial charge in [0.2, 0.25) is 6.79 Å². The van der Waals surface area contributed by atoms with Crippen molar-refractivity contribution in [1.82, 2.24) is 0 Å². The molecule has 3 aromatic carbocycles. The molecule has 5 rings (SSSR count). The maximum Gasteiger partial charge on any atom is 0.349 e. The van der Waals surface area contributed by atoms with E-state index in [4.69, 9.17) is 23.4 Å². The molecule has 0 spiro atoms. The molecule has 6 nitrogen and oxygen atoms in total. The number of hydrogen-bond donors (Lipinski definition) is 0. The predicted molar refractivity (Wildman–Crippen MR) is 97.4 cm³/mol. The fraction of sp³-hybridized carbons (Fsp3) is 0.0952. The molecule has 0 radical (unpaired) electrons. The average Bonchev–Trinajstić information content (AvgIpc) is 3.30. The molecule has 6 heteroatoms. The molecule has 1 aromatic heterocycles. The summed E-state index contributed by atoms with van der Waals surface area (Å²) in [4.78, 5) is 12.1. The minimum absolute atomic E-state index is 0.168. The fourth-order valence-electron chi connectivity index (χ4n) is 3.04. The fourth-order valence-corrected chi connectivity index (χ4v) is 3.04.